The van der Waals surface area contributed by atoms with Crippen LogP contribution in [0.15, 0.2) is 33.6 Å². The van der Waals surface area contributed by atoms with Crippen molar-refractivity contribution in [3.63, 3.8) is 0 Å². The van der Waals surface area contributed by atoms with Gasteiger partial charge in [-0.1, -0.05) is 29.8 Å². The van der Waals surface area contributed by atoms with Gasteiger partial charge in [0.05, 0.1) is 11.3 Å². The van der Waals surface area contributed by atoms with Crippen LogP contribution in [0.4, 0.5) is 0 Å². The van der Waals surface area contributed by atoms with Crippen LogP contribution >= 0.6 is 12.4 Å². The minimum atomic E-state index is -0.332. The van der Waals surface area contributed by atoms with Crippen LogP contribution in [0.5, 0.6) is 0 Å². The number of aromatic amines is 1. The van der Waals surface area contributed by atoms with Crippen LogP contribution in [-0.2, 0) is 6.42 Å². The van der Waals surface area contributed by atoms with E-state index in [1.807, 2.05) is 31.2 Å². The summed E-state index contributed by atoms with van der Waals surface area (Å²) in [6.45, 7) is 2.45. The first-order chi connectivity index (χ1) is 7.72. The largest absolute Gasteiger partial charge is 0.361 e. The fraction of sp³-hybridized carbons (Fsp3) is 0.250. The molecule has 4 nitrogen and oxygen atoms in total. The number of nitrogens with one attached hydrogen (secondary N) is 1. The third-order valence-corrected chi connectivity index (χ3v) is 2.53. The lowest BCUT2D eigenvalue weighted by molar-refractivity contribution is 0.392. The molecule has 0 atom stereocenters. The van der Waals surface area contributed by atoms with Crippen LogP contribution in [0.25, 0.3) is 11.3 Å². The summed E-state index contributed by atoms with van der Waals surface area (Å²) < 4.78 is 4.80. The number of halogens is 1. The van der Waals surface area contributed by atoms with Gasteiger partial charge < -0.3 is 10.3 Å². The summed E-state index contributed by atoms with van der Waals surface area (Å²) in [5.74, 6) is 0. The summed E-state index contributed by atoms with van der Waals surface area (Å²) in [5, 5.41) is 2.65. The van der Waals surface area contributed by atoms with Gasteiger partial charge in [0.2, 0.25) is 0 Å². The highest BCUT2D eigenvalue weighted by Crippen LogP contribution is 2.20. The molecule has 1 aromatic heterocycles. The molecule has 0 unspecified atom stereocenters. The maximum absolute atomic E-state index is 11.4. The van der Waals surface area contributed by atoms with Crippen molar-refractivity contribution in [1.82, 2.24) is 5.16 Å². The smallest absolute Gasteiger partial charge is 0.338 e. The quantitative estimate of drug-likeness (QED) is 0.878. The predicted octanol–water partition coefficient (Wildman–Crippen LogP) is 1.87. The molecular weight excluding hydrogens is 240 g/mol. The normalized spacial score (nSPS) is 10.0. The molecule has 2 aromatic rings. The number of benzene rings is 1. The highest BCUT2D eigenvalue weighted by atomic mass is 35.5. The number of aryl methyl sites for hydroxylation is 1. The van der Waals surface area contributed by atoms with Gasteiger partial charge in [-0.25, -0.2) is 9.95 Å². The summed E-state index contributed by atoms with van der Waals surface area (Å²) in [4.78, 5) is 11.4. The monoisotopic (exact) mass is 254 g/mol. The molecule has 17 heavy (non-hydrogen) atoms. The highest BCUT2D eigenvalue weighted by Gasteiger charge is 2.12. The Morgan fingerprint density at radius 3 is 2.53 bits per heavy atom. The molecule has 0 aliphatic heterocycles. The van der Waals surface area contributed by atoms with Gasteiger partial charge in [0, 0.05) is 5.56 Å². The minimum Gasteiger partial charge on any atom is -0.338 e. The van der Waals surface area contributed by atoms with Gasteiger partial charge in [-0.15, -0.1) is 12.4 Å². The zero-order valence-corrected chi connectivity index (χ0v) is 10.3. The van der Waals surface area contributed by atoms with Crippen molar-refractivity contribution in [1.29, 1.82) is 0 Å². The number of hydrogen-bond acceptors (Lipinski definition) is 3. The molecule has 5 heteroatoms. The molecule has 0 fully saturated rings. The van der Waals surface area contributed by atoms with E-state index >= 15 is 0 Å². The van der Waals surface area contributed by atoms with Gasteiger partial charge >= 0.3 is 5.63 Å². The van der Waals surface area contributed by atoms with Crippen molar-refractivity contribution in [3.8, 4) is 11.3 Å². The summed E-state index contributed by atoms with van der Waals surface area (Å²) in [7, 11) is 0. The molecule has 0 aliphatic carbocycles. The standard InChI is InChI=1S/C12H14N2O2.ClH/c1-8-2-4-9(5-3-8)11-10(6-7-13)12(15)16-14-11;/h2-5,14H,6-7,13H2,1H3;1H. The molecule has 0 spiro atoms. The maximum atomic E-state index is 11.4. The average molecular weight is 255 g/mol. The van der Waals surface area contributed by atoms with E-state index in [2.05, 4.69) is 5.16 Å². The lowest BCUT2D eigenvalue weighted by Gasteiger charge is -2.00. The summed E-state index contributed by atoms with van der Waals surface area (Å²) in [5.41, 5.74) is 8.60. The zero-order valence-electron chi connectivity index (χ0n) is 9.53. The van der Waals surface area contributed by atoms with E-state index in [4.69, 9.17) is 10.3 Å². The van der Waals surface area contributed by atoms with Gasteiger partial charge in [0.15, 0.2) is 0 Å². The third kappa shape index (κ3) is 2.78. The van der Waals surface area contributed by atoms with E-state index in [-0.39, 0.29) is 18.0 Å². The molecule has 0 bridgehead atoms. The van der Waals surface area contributed by atoms with Crippen molar-refractivity contribution in [2.24, 2.45) is 5.73 Å². The summed E-state index contributed by atoms with van der Waals surface area (Å²) in [6.07, 6.45) is 0.523. The molecule has 0 aliphatic rings. The fourth-order valence-electron chi connectivity index (χ4n) is 1.65. The maximum Gasteiger partial charge on any atom is 0.361 e. The van der Waals surface area contributed by atoms with E-state index in [9.17, 15) is 4.79 Å². The highest BCUT2D eigenvalue weighted by molar-refractivity contribution is 5.85. The molecule has 1 aromatic carbocycles. The van der Waals surface area contributed by atoms with Gasteiger partial charge in [0.1, 0.15) is 0 Å². The molecular formula is C12H15ClN2O2. The number of hydrogen-bond donors (Lipinski definition) is 2. The molecule has 1 heterocycles. The lowest BCUT2D eigenvalue weighted by atomic mass is 10.0. The first kappa shape index (κ1) is 13.5. The Bertz CT molecular complexity index is 528. The van der Waals surface area contributed by atoms with Crippen LogP contribution in [0.2, 0.25) is 0 Å². The van der Waals surface area contributed by atoms with E-state index in [0.29, 0.717) is 18.5 Å². The summed E-state index contributed by atoms with van der Waals surface area (Å²) >= 11 is 0. The van der Waals surface area contributed by atoms with Gasteiger partial charge in [-0.3, -0.25) is 0 Å². The van der Waals surface area contributed by atoms with Crippen molar-refractivity contribution < 1.29 is 4.52 Å². The van der Waals surface area contributed by atoms with E-state index in [0.717, 1.165) is 11.3 Å². The van der Waals surface area contributed by atoms with Crippen molar-refractivity contribution in [2.75, 3.05) is 6.54 Å². The number of nitrogens with two attached hydrogens (primary N) is 1. The topological polar surface area (TPSA) is 72.0 Å². The second-order valence-corrected chi connectivity index (χ2v) is 3.75. The molecule has 92 valence electrons. The number of rotatable bonds is 3. The molecule has 0 amide bonds. The van der Waals surface area contributed by atoms with Gasteiger partial charge in [0.25, 0.3) is 0 Å². The van der Waals surface area contributed by atoms with E-state index in [1.54, 1.807) is 0 Å². The predicted molar refractivity (Wildman–Crippen MR) is 69.5 cm³/mol. The van der Waals surface area contributed by atoms with Crippen molar-refractivity contribution >= 4 is 12.4 Å². The number of H-pyrrole nitrogens is 1. The average Bonchev–Trinajstić information content (AvgIpc) is 2.63. The van der Waals surface area contributed by atoms with Crippen LogP contribution in [0.1, 0.15) is 11.1 Å². The SMILES string of the molecule is Cc1ccc(-c2[nH]oc(=O)c2CCN)cc1.Cl. The summed E-state index contributed by atoms with van der Waals surface area (Å²) in [6, 6.07) is 7.89. The van der Waals surface area contributed by atoms with E-state index < -0.39 is 0 Å². The Hall–Kier alpha value is -1.52. The zero-order chi connectivity index (χ0) is 11.5. The van der Waals surface area contributed by atoms with Crippen molar-refractivity contribution in [2.45, 2.75) is 13.3 Å². The van der Waals surface area contributed by atoms with Crippen LogP contribution in [0.3, 0.4) is 0 Å². The lowest BCUT2D eigenvalue weighted by Crippen LogP contribution is -2.10. The Morgan fingerprint density at radius 1 is 1.29 bits per heavy atom. The first-order valence-corrected chi connectivity index (χ1v) is 5.20. The minimum absolute atomic E-state index is 0. The first-order valence-electron chi connectivity index (χ1n) is 5.20. The van der Waals surface area contributed by atoms with Gasteiger partial charge in [-0.2, -0.15) is 0 Å². The fourth-order valence-corrected chi connectivity index (χ4v) is 1.65. The Kier molecular flexibility index (Phi) is 4.54. The second-order valence-electron chi connectivity index (χ2n) is 3.75. The van der Waals surface area contributed by atoms with E-state index in [1.165, 1.54) is 5.56 Å². The Labute approximate surface area is 105 Å². The third-order valence-electron chi connectivity index (χ3n) is 2.53. The molecule has 0 saturated carbocycles. The Balaban J connectivity index is 0.00000144. The van der Waals surface area contributed by atoms with Crippen LogP contribution < -0.4 is 11.4 Å². The Morgan fingerprint density at radius 2 is 1.94 bits per heavy atom. The van der Waals surface area contributed by atoms with Crippen molar-refractivity contribution in [3.05, 3.63) is 45.8 Å². The molecule has 3 N–H and O–H groups in total. The molecule has 0 saturated heterocycles. The van der Waals surface area contributed by atoms with Crippen LogP contribution in [0, 0.1) is 6.92 Å². The second kappa shape index (κ2) is 5.70. The number of aromatic nitrogens is 1. The van der Waals surface area contributed by atoms with Gasteiger partial charge in [-0.05, 0) is 19.9 Å². The molecule has 2 rings (SSSR count). The van der Waals surface area contributed by atoms with Crippen LogP contribution in [-0.4, -0.2) is 11.7 Å². The molecule has 0 radical (unpaired) electrons.